The first-order chi connectivity index (χ1) is 8.40. The summed E-state index contributed by atoms with van der Waals surface area (Å²) in [4.78, 5) is 0. The third kappa shape index (κ3) is 5.50. The van der Waals surface area contributed by atoms with E-state index in [1.165, 1.54) is 0 Å². The number of halogens is 3. The van der Waals surface area contributed by atoms with E-state index >= 15 is 0 Å². The summed E-state index contributed by atoms with van der Waals surface area (Å²) < 4.78 is 41.7. The molecule has 0 radical (unpaired) electrons. The Morgan fingerprint density at radius 1 is 1.39 bits per heavy atom. The van der Waals surface area contributed by atoms with Gasteiger partial charge in [0, 0.05) is 25.0 Å². The van der Waals surface area contributed by atoms with Crippen molar-refractivity contribution in [3.8, 4) is 0 Å². The van der Waals surface area contributed by atoms with Gasteiger partial charge in [0.05, 0.1) is 12.6 Å². The van der Waals surface area contributed by atoms with Crippen LogP contribution in [-0.2, 0) is 4.74 Å². The van der Waals surface area contributed by atoms with Crippen LogP contribution in [0.1, 0.15) is 19.9 Å². The van der Waals surface area contributed by atoms with Crippen molar-refractivity contribution in [2.45, 2.75) is 32.1 Å². The van der Waals surface area contributed by atoms with Crippen LogP contribution in [-0.4, -0.2) is 41.8 Å². The fraction of sp³-hybridized carbons (Fsp3) is 0.727. The molecule has 0 spiro atoms. The van der Waals surface area contributed by atoms with Crippen LogP contribution in [0.15, 0.2) is 18.5 Å². The first kappa shape index (κ1) is 15.0. The van der Waals surface area contributed by atoms with Gasteiger partial charge in [-0.3, -0.25) is 4.68 Å². The molecule has 7 heteroatoms. The zero-order chi connectivity index (χ0) is 13.6. The monoisotopic (exact) mass is 265 g/mol. The lowest BCUT2D eigenvalue weighted by atomic mass is 10.2. The minimum absolute atomic E-state index is 0.0374. The van der Waals surface area contributed by atoms with Gasteiger partial charge in [0.1, 0.15) is 6.61 Å². The second-order valence-corrected chi connectivity index (χ2v) is 4.14. The van der Waals surface area contributed by atoms with Crippen molar-refractivity contribution in [2.24, 2.45) is 0 Å². The Bertz CT molecular complexity index is 327. The van der Waals surface area contributed by atoms with E-state index in [2.05, 4.69) is 15.2 Å². The Kier molecular flexibility index (Phi) is 5.61. The fourth-order valence-corrected chi connectivity index (χ4v) is 1.47. The molecule has 1 aromatic rings. The Balaban J connectivity index is 2.16. The molecule has 0 amide bonds. The number of hydrogen-bond acceptors (Lipinski definition) is 3. The summed E-state index contributed by atoms with van der Waals surface area (Å²) in [6.07, 6.45) is -0.716. The van der Waals surface area contributed by atoms with Gasteiger partial charge in [-0.2, -0.15) is 18.3 Å². The van der Waals surface area contributed by atoms with Gasteiger partial charge >= 0.3 is 6.18 Å². The largest absolute Gasteiger partial charge is 0.411 e. The molecule has 2 atom stereocenters. The number of aromatic nitrogens is 2. The van der Waals surface area contributed by atoms with Gasteiger partial charge in [0.2, 0.25) is 0 Å². The number of nitrogens with one attached hydrogen (secondary N) is 1. The summed E-state index contributed by atoms with van der Waals surface area (Å²) in [6.45, 7) is 3.16. The molecule has 0 saturated carbocycles. The highest BCUT2D eigenvalue weighted by Crippen LogP contribution is 2.14. The fourth-order valence-electron chi connectivity index (χ4n) is 1.47. The summed E-state index contributed by atoms with van der Waals surface area (Å²) in [7, 11) is 0. The molecule has 4 nitrogen and oxygen atoms in total. The second kappa shape index (κ2) is 6.75. The molecule has 104 valence electrons. The average Bonchev–Trinajstić information content (AvgIpc) is 2.79. The molecule has 0 aliphatic carbocycles. The van der Waals surface area contributed by atoms with Gasteiger partial charge in [0.25, 0.3) is 0 Å². The lowest BCUT2D eigenvalue weighted by Crippen LogP contribution is -2.36. The van der Waals surface area contributed by atoms with E-state index in [4.69, 9.17) is 0 Å². The molecule has 0 bridgehead atoms. The maximum atomic E-state index is 11.8. The van der Waals surface area contributed by atoms with Gasteiger partial charge in [0.15, 0.2) is 0 Å². The van der Waals surface area contributed by atoms with Crippen LogP contribution in [0.2, 0.25) is 0 Å². The predicted octanol–water partition coefficient (Wildman–Crippen LogP) is 2.00. The highest BCUT2D eigenvalue weighted by Gasteiger charge is 2.27. The molecule has 1 aromatic heterocycles. The lowest BCUT2D eigenvalue weighted by molar-refractivity contribution is -0.173. The topological polar surface area (TPSA) is 39.1 Å². The van der Waals surface area contributed by atoms with E-state index in [9.17, 15) is 13.2 Å². The molecule has 0 aliphatic rings. The minimum atomic E-state index is -4.26. The highest BCUT2D eigenvalue weighted by molar-refractivity contribution is 4.83. The first-order valence-electron chi connectivity index (χ1n) is 5.77. The van der Waals surface area contributed by atoms with Gasteiger partial charge in [-0.15, -0.1) is 0 Å². The van der Waals surface area contributed by atoms with Crippen molar-refractivity contribution >= 4 is 0 Å². The Morgan fingerprint density at radius 2 is 2.11 bits per heavy atom. The van der Waals surface area contributed by atoms with E-state index in [1.54, 1.807) is 10.9 Å². The van der Waals surface area contributed by atoms with E-state index in [-0.39, 0.29) is 18.7 Å². The number of rotatable bonds is 7. The Morgan fingerprint density at radius 3 is 2.67 bits per heavy atom. The van der Waals surface area contributed by atoms with Crippen molar-refractivity contribution in [1.29, 1.82) is 0 Å². The SMILES string of the molecule is C[C@H]([C@@H](C)NCCOCC(F)(F)F)n1cccn1. The summed E-state index contributed by atoms with van der Waals surface area (Å²) in [6, 6.07) is 2.05. The summed E-state index contributed by atoms with van der Waals surface area (Å²) in [5, 5.41) is 7.21. The van der Waals surface area contributed by atoms with E-state index in [1.807, 2.05) is 26.1 Å². The summed E-state index contributed by atoms with van der Waals surface area (Å²) >= 11 is 0. The van der Waals surface area contributed by atoms with E-state index in [0.29, 0.717) is 6.54 Å². The van der Waals surface area contributed by atoms with Gasteiger partial charge in [-0.1, -0.05) is 0 Å². The van der Waals surface area contributed by atoms with Gasteiger partial charge in [-0.05, 0) is 19.9 Å². The van der Waals surface area contributed by atoms with Crippen molar-refractivity contribution < 1.29 is 17.9 Å². The summed E-state index contributed by atoms with van der Waals surface area (Å²) in [5.74, 6) is 0. The number of ether oxygens (including phenoxy) is 1. The van der Waals surface area contributed by atoms with E-state index in [0.717, 1.165) is 0 Å². The van der Waals surface area contributed by atoms with Crippen molar-refractivity contribution in [2.75, 3.05) is 19.8 Å². The zero-order valence-corrected chi connectivity index (χ0v) is 10.4. The molecule has 0 aromatic carbocycles. The summed E-state index contributed by atoms with van der Waals surface area (Å²) in [5.41, 5.74) is 0. The maximum absolute atomic E-state index is 11.8. The van der Waals surface area contributed by atoms with Gasteiger partial charge < -0.3 is 10.1 Å². The molecular weight excluding hydrogens is 247 g/mol. The molecule has 1 rings (SSSR count). The van der Waals surface area contributed by atoms with Crippen molar-refractivity contribution in [3.05, 3.63) is 18.5 Å². The molecule has 0 fully saturated rings. The standard InChI is InChI=1S/C11H18F3N3O/c1-9(10(2)17-6-3-4-16-17)15-5-7-18-8-11(12,13)14/h3-4,6,9-10,15H,5,7-8H2,1-2H3/t9-,10-/m1/s1. The average molecular weight is 265 g/mol. The molecular formula is C11H18F3N3O. The lowest BCUT2D eigenvalue weighted by Gasteiger charge is -2.21. The smallest absolute Gasteiger partial charge is 0.371 e. The van der Waals surface area contributed by atoms with Crippen LogP contribution in [0.4, 0.5) is 13.2 Å². The molecule has 0 saturated heterocycles. The minimum Gasteiger partial charge on any atom is -0.371 e. The molecule has 0 unspecified atom stereocenters. The Hall–Kier alpha value is -1.08. The molecule has 1 N–H and O–H groups in total. The van der Waals surface area contributed by atoms with E-state index < -0.39 is 12.8 Å². The quantitative estimate of drug-likeness (QED) is 0.766. The van der Waals surface area contributed by atoms with Crippen LogP contribution in [0.3, 0.4) is 0 Å². The van der Waals surface area contributed by atoms with Crippen molar-refractivity contribution in [3.63, 3.8) is 0 Å². The number of nitrogens with zero attached hydrogens (tertiary/aromatic N) is 2. The maximum Gasteiger partial charge on any atom is 0.411 e. The van der Waals surface area contributed by atoms with Gasteiger partial charge in [-0.25, -0.2) is 0 Å². The van der Waals surface area contributed by atoms with Crippen LogP contribution in [0.25, 0.3) is 0 Å². The normalized spacial score (nSPS) is 15.6. The molecule has 1 heterocycles. The van der Waals surface area contributed by atoms with Crippen LogP contribution >= 0.6 is 0 Å². The molecule has 18 heavy (non-hydrogen) atoms. The number of alkyl halides is 3. The third-order valence-corrected chi connectivity index (χ3v) is 2.64. The van der Waals surface area contributed by atoms with Crippen molar-refractivity contribution in [1.82, 2.24) is 15.1 Å². The predicted molar refractivity (Wildman–Crippen MR) is 61.3 cm³/mol. The van der Waals surface area contributed by atoms with Crippen LogP contribution in [0.5, 0.6) is 0 Å². The third-order valence-electron chi connectivity index (χ3n) is 2.64. The highest BCUT2D eigenvalue weighted by atomic mass is 19.4. The van der Waals surface area contributed by atoms with Crippen LogP contribution in [0, 0.1) is 0 Å². The first-order valence-corrected chi connectivity index (χ1v) is 5.77. The molecule has 0 aliphatic heterocycles. The second-order valence-electron chi connectivity index (χ2n) is 4.14. The Labute approximate surface area is 104 Å². The number of hydrogen-bond donors (Lipinski definition) is 1. The zero-order valence-electron chi connectivity index (χ0n) is 10.4. The van der Waals surface area contributed by atoms with Crippen LogP contribution < -0.4 is 5.32 Å².